The van der Waals surface area contributed by atoms with Crippen LogP contribution in [-0.4, -0.2) is 0 Å². The Bertz CT molecular complexity index is 459. The Morgan fingerprint density at radius 1 is 1.31 bits per heavy atom. The van der Waals surface area contributed by atoms with Crippen molar-refractivity contribution in [2.24, 2.45) is 0 Å². The SMILES string of the molecule is Cc1ccc(Br)c2ccc[n+]([O-])c12. The van der Waals surface area contributed by atoms with Gasteiger partial charge in [-0.15, -0.1) is 0 Å². The summed E-state index contributed by atoms with van der Waals surface area (Å²) in [6.07, 6.45) is 1.52. The van der Waals surface area contributed by atoms with Gasteiger partial charge in [0, 0.05) is 16.1 Å². The number of aromatic nitrogens is 1. The third kappa shape index (κ3) is 1.29. The van der Waals surface area contributed by atoms with Gasteiger partial charge in [-0.05, 0) is 35.0 Å². The van der Waals surface area contributed by atoms with Gasteiger partial charge in [-0.3, -0.25) is 0 Å². The summed E-state index contributed by atoms with van der Waals surface area (Å²) in [5, 5.41) is 12.4. The zero-order chi connectivity index (χ0) is 9.42. The number of pyridine rings is 1. The Labute approximate surface area is 84.5 Å². The highest BCUT2D eigenvalue weighted by Gasteiger charge is 2.08. The van der Waals surface area contributed by atoms with Crippen LogP contribution in [0.1, 0.15) is 5.56 Å². The molecule has 1 heterocycles. The summed E-state index contributed by atoms with van der Waals surface area (Å²) in [4.78, 5) is 0. The predicted molar refractivity (Wildman–Crippen MR) is 55.3 cm³/mol. The number of halogens is 1. The van der Waals surface area contributed by atoms with Gasteiger partial charge in [0.2, 0.25) is 5.52 Å². The summed E-state index contributed by atoms with van der Waals surface area (Å²) in [5.41, 5.74) is 1.73. The minimum Gasteiger partial charge on any atom is -0.618 e. The van der Waals surface area contributed by atoms with Crippen molar-refractivity contribution in [1.29, 1.82) is 0 Å². The van der Waals surface area contributed by atoms with Crippen molar-refractivity contribution in [3.63, 3.8) is 0 Å². The minimum atomic E-state index is 0.733. The van der Waals surface area contributed by atoms with Crippen LogP contribution < -0.4 is 4.73 Å². The van der Waals surface area contributed by atoms with Crippen molar-refractivity contribution >= 4 is 26.8 Å². The smallest absolute Gasteiger partial charge is 0.227 e. The molecule has 2 aromatic rings. The lowest BCUT2D eigenvalue weighted by Gasteiger charge is -2.04. The monoisotopic (exact) mass is 237 g/mol. The van der Waals surface area contributed by atoms with Gasteiger partial charge < -0.3 is 5.21 Å². The molecule has 0 aliphatic heterocycles. The van der Waals surface area contributed by atoms with E-state index in [-0.39, 0.29) is 0 Å². The highest BCUT2D eigenvalue weighted by molar-refractivity contribution is 9.10. The second-order valence-corrected chi connectivity index (χ2v) is 3.81. The van der Waals surface area contributed by atoms with Crippen molar-refractivity contribution in [1.82, 2.24) is 0 Å². The summed E-state index contributed by atoms with van der Waals surface area (Å²) >= 11 is 3.41. The maximum Gasteiger partial charge on any atom is 0.227 e. The van der Waals surface area contributed by atoms with E-state index in [1.807, 2.05) is 25.1 Å². The van der Waals surface area contributed by atoms with Crippen molar-refractivity contribution < 1.29 is 4.73 Å². The lowest BCUT2D eigenvalue weighted by Crippen LogP contribution is -2.26. The van der Waals surface area contributed by atoms with Gasteiger partial charge in [0.25, 0.3) is 0 Å². The zero-order valence-corrected chi connectivity index (χ0v) is 8.71. The molecule has 0 saturated carbocycles. The lowest BCUT2D eigenvalue weighted by molar-refractivity contribution is -0.577. The first-order valence-electron chi connectivity index (χ1n) is 3.97. The molecule has 0 aliphatic carbocycles. The Kier molecular flexibility index (Phi) is 1.96. The molecule has 0 radical (unpaired) electrons. The number of hydrogen-bond acceptors (Lipinski definition) is 1. The van der Waals surface area contributed by atoms with E-state index in [1.54, 1.807) is 6.07 Å². The van der Waals surface area contributed by atoms with Gasteiger partial charge in [0.15, 0.2) is 6.20 Å². The summed E-state index contributed by atoms with van der Waals surface area (Å²) in [5.74, 6) is 0. The van der Waals surface area contributed by atoms with Crippen LogP contribution in [0.4, 0.5) is 0 Å². The molecule has 2 nitrogen and oxygen atoms in total. The zero-order valence-electron chi connectivity index (χ0n) is 7.12. The Morgan fingerprint density at radius 2 is 2.08 bits per heavy atom. The van der Waals surface area contributed by atoms with Crippen LogP contribution >= 0.6 is 15.9 Å². The molecule has 66 valence electrons. The number of benzene rings is 1. The number of aryl methyl sites for hydroxylation is 1. The van der Waals surface area contributed by atoms with Crippen molar-refractivity contribution in [3.8, 4) is 0 Å². The summed E-state index contributed by atoms with van der Waals surface area (Å²) in [6.45, 7) is 1.93. The standard InChI is InChI=1S/C10H8BrNO/c1-7-4-5-9(11)8-3-2-6-12(13)10(7)8/h2-6H,1H3. The topological polar surface area (TPSA) is 26.9 Å². The van der Waals surface area contributed by atoms with E-state index < -0.39 is 0 Å². The molecule has 0 atom stereocenters. The molecule has 0 spiro atoms. The second kappa shape index (κ2) is 3.00. The Hall–Kier alpha value is -1.09. The molecular weight excluding hydrogens is 230 g/mol. The highest BCUT2D eigenvalue weighted by atomic mass is 79.9. The maximum atomic E-state index is 11.4. The average Bonchev–Trinajstić information content (AvgIpc) is 2.12. The van der Waals surface area contributed by atoms with Crippen molar-refractivity contribution in [2.45, 2.75) is 6.92 Å². The molecule has 0 amide bonds. The van der Waals surface area contributed by atoms with Crippen LogP contribution in [0.15, 0.2) is 34.9 Å². The number of fused-ring (bicyclic) bond motifs is 1. The first kappa shape index (κ1) is 8.51. The van der Waals surface area contributed by atoms with E-state index in [0.29, 0.717) is 0 Å². The quantitative estimate of drug-likeness (QED) is 0.511. The molecule has 0 saturated heterocycles. The third-order valence-corrected chi connectivity index (χ3v) is 2.76. The van der Waals surface area contributed by atoms with Gasteiger partial charge in [0.05, 0.1) is 5.39 Å². The molecule has 13 heavy (non-hydrogen) atoms. The van der Waals surface area contributed by atoms with Crippen molar-refractivity contribution in [3.05, 3.63) is 45.7 Å². The van der Waals surface area contributed by atoms with Crippen LogP contribution in [0, 0.1) is 12.1 Å². The Balaban J connectivity index is 3.00. The molecule has 0 N–H and O–H groups in total. The van der Waals surface area contributed by atoms with Crippen LogP contribution in [0.2, 0.25) is 0 Å². The molecule has 1 aromatic heterocycles. The predicted octanol–water partition coefficient (Wildman–Crippen LogP) is 2.54. The van der Waals surface area contributed by atoms with Gasteiger partial charge in [-0.25, -0.2) is 0 Å². The van der Waals surface area contributed by atoms with E-state index >= 15 is 0 Å². The molecule has 2 rings (SSSR count). The molecular formula is C10H8BrNO. The largest absolute Gasteiger partial charge is 0.618 e. The molecule has 0 unspecified atom stereocenters. The average molecular weight is 238 g/mol. The number of nitrogens with zero attached hydrogens (tertiary/aromatic N) is 1. The van der Waals surface area contributed by atoms with Gasteiger partial charge >= 0.3 is 0 Å². The maximum absolute atomic E-state index is 11.4. The van der Waals surface area contributed by atoms with E-state index in [2.05, 4.69) is 15.9 Å². The van der Waals surface area contributed by atoms with E-state index in [0.717, 1.165) is 25.7 Å². The number of hydrogen-bond donors (Lipinski definition) is 0. The number of rotatable bonds is 0. The molecule has 0 aliphatic rings. The minimum absolute atomic E-state index is 0.733. The van der Waals surface area contributed by atoms with Crippen LogP contribution in [-0.2, 0) is 0 Å². The fourth-order valence-corrected chi connectivity index (χ4v) is 1.89. The van der Waals surface area contributed by atoms with E-state index in [4.69, 9.17) is 0 Å². The lowest BCUT2D eigenvalue weighted by atomic mass is 10.1. The highest BCUT2D eigenvalue weighted by Crippen LogP contribution is 2.23. The summed E-state index contributed by atoms with van der Waals surface area (Å²) < 4.78 is 1.86. The van der Waals surface area contributed by atoms with Gasteiger partial charge in [0.1, 0.15) is 0 Å². The Morgan fingerprint density at radius 3 is 2.77 bits per heavy atom. The first-order valence-corrected chi connectivity index (χ1v) is 4.76. The van der Waals surface area contributed by atoms with E-state index in [9.17, 15) is 5.21 Å². The fraction of sp³-hybridized carbons (Fsp3) is 0.100. The van der Waals surface area contributed by atoms with Gasteiger partial charge in [-0.2, -0.15) is 4.73 Å². The molecule has 0 bridgehead atoms. The summed E-state index contributed by atoms with van der Waals surface area (Å²) in [6, 6.07) is 7.57. The van der Waals surface area contributed by atoms with E-state index in [1.165, 1.54) is 6.20 Å². The van der Waals surface area contributed by atoms with Crippen LogP contribution in [0.3, 0.4) is 0 Å². The van der Waals surface area contributed by atoms with Crippen LogP contribution in [0.25, 0.3) is 10.9 Å². The second-order valence-electron chi connectivity index (χ2n) is 2.96. The first-order chi connectivity index (χ1) is 6.20. The summed E-state index contributed by atoms with van der Waals surface area (Å²) in [7, 11) is 0. The molecule has 1 aromatic carbocycles. The molecule has 0 fully saturated rings. The fourth-order valence-electron chi connectivity index (χ4n) is 1.44. The van der Waals surface area contributed by atoms with Crippen LogP contribution in [0.5, 0.6) is 0 Å². The van der Waals surface area contributed by atoms with Crippen molar-refractivity contribution in [2.75, 3.05) is 0 Å². The third-order valence-electron chi connectivity index (χ3n) is 2.07. The normalized spacial score (nSPS) is 10.6. The van der Waals surface area contributed by atoms with Gasteiger partial charge in [-0.1, -0.05) is 6.07 Å². The molecule has 3 heteroatoms.